The lowest BCUT2D eigenvalue weighted by Gasteiger charge is -2.12. The molecule has 0 fully saturated rings. The molecule has 0 saturated heterocycles. The molecular formula is C18H19BrN2. The summed E-state index contributed by atoms with van der Waals surface area (Å²) >= 11 is 3.66. The Hall–Kier alpha value is -1.74. The molecule has 0 amide bonds. The Morgan fingerprint density at radius 1 is 1.14 bits per heavy atom. The zero-order valence-electron chi connectivity index (χ0n) is 12.6. The molecule has 3 aromatic rings. The Morgan fingerprint density at radius 2 is 1.90 bits per heavy atom. The van der Waals surface area contributed by atoms with Crippen molar-refractivity contribution in [2.75, 3.05) is 5.32 Å². The van der Waals surface area contributed by atoms with Crippen molar-refractivity contribution < 1.29 is 0 Å². The third-order valence-corrected chi connectivity index (χ3v) is 4.49. The number of aryl methyl sites for hydroxylation is 3. The van der Waals surface area contributed by atoms with Crippen molar-refractivity contribution in [3.8, 4) is 0 Å². The first kappa shape index (κ1) is 14.2. The summed E-state index contributed by atoms with van der Waals surface area (Å²) in [5.74, 6) is 0. The van der Waals surface area contributed by atoms with Gasteiger partial charge in [0, 0.05) is 35.2 Å². The van der Waals surface area contributed by atoms with E-state index in [0.717, 1.165) is 11.0 Å². The zero-order chi connectivity index (χ0) is 15.0. The number of hydrogen-bond acceptors (Lipinski definition) is 1. The van der Waals surface area contributed by atoms with Gasteiger partial charge in [0.25, 0.3) is 0 Å². The van der Waals surface area contributed by atoms with Crippen LogP contribution in [0.1, 0.15) is 16.7 Å². The van der Waals surface area contributed by atoms with Gasteiger partial charge in [-0.3, -0.25) is 0 Å². The SMILES string of the molecule is Cc1cc(C)c(NCc2cn(C)c3ccccc23)c(Br)c1. The van der Waals surface area contributed by atoms with Gasteiger partial charge in [-0.2, -0.15) is 0 Å². The molecule has 21 heavy (non-hydrogen) atoms. The highest BCUT2D eigenvalue weighted by Crippen LogP contribution is 2.29. The summed E-state index contributed by atoms with van der Waals surface area (Å²) in [5, 5.41) is 4.88. The van der Waals surface area contributed by atoms with E-state index >= 15 is 0 Å². The van der Waals surface area contributed by atoms with Gasteiger partial charge < -0.3 is 9.88 Å². The summed E-state index contributed by atoms with van der Waals surface area (Å²) in [4.78, 5) is 0. The van der Waals surface area contributed by atoms with Gasteiger partial charge in [-0.05, 0) is 58.6 Å². The fourth-order valence-corrected chi connectivity index (χ4v) is 3.70. The van der Waals surface area contributed by atoms with E-state index in [4.69, 9.17) is 0 Å². The van der Waals surface area contributed by atoms with Crippen LogP contribution in [0.25, 0.3) is 10.9 Å². The van der Waals surface area contributed by atoms with Crippen molar-refractivity contribution in [2.24, 2.45) is 7.05 Å². The van der Waals surface area contributed by atoms with Crippen LogP contribution >= 0.6 is 15.9 Å². The summed E-state index contributed by atoms with van der Waals surface area (Å²) in [6.45, 7) is 5.08. The number of halogens is 1. The van der Waals surface area contributed by atoms with Crippen LogP contribution < -0.4 is 5.32 Å². The number of para-hydroxylation sites is 1. The summed E-state index contributed by atoms with van der Waals surface area (Å²) < 4.78 is 3.31. The van der Waals surface area contributed by atoms with Gasteiger partial charge in [-0.25, -0.2) is 0 Å². The van der Waals surface area contributed by atoms with Crippen molar-refractivity contribution >= 4 is 32.5 Å². The van der Waals surface area contributed by atoms with Gasteiger partial charge in [-0.1, -0.05) is 24.3 Å². The number of anilines is 1. The van der Waals surface area contributed by atoms with E-state index < -0.39 is 0 Å². The number of fused-ring (bicyclic) bond motifs is 1. The highest BCUT2D eigenvalue weighted by Gasteiger charge is 2.08. The van der Waals surface area contributed by atoms with Gasteiger partial charge in [0.1, 0.15) is 0 Å². The lowest BCUT2D eigenvalue weighted by atomic mass is 10.1. The molecule has 108 valence electrons. The highest BCUT2D eigenvalue weighted by molar-refractivity contribution is 9.10. The van der Waals surface area contributed by atoms with Crippen LogP contribution in [0.4, 0.5) is 5.69 Å². The molecule has 3 heteroatoms. The van der Waals surface area contributed by atoms with Crippen molar-refractivity contribution in [2.45, 2.75) is 20.4 Å². The molecule has 0 bridgehead atoms. The molecule has 0 saturated carbocycles. The lowest BCUT2D eigenvalue weighted by molar-refractivity contribution is 0.955. The first-order valence-electron chi connectivity index (χ1n) is 7.10. The molecule has 0 aliphatic rings. The van der Waals surface area contributed by atoms with Crippen molar-refractivity contribution in [3.63, 3.8) is 0 Å². The molecule has 1 aromatic heterocycles. The largest absolute Gasteiger partial charge is 0.380 e. The van der Waals surface area contributed by atoms with E-state index in [9.17, 15) is 0 Å². The molecule has 1 heterocycles. The fourth-order valence-electron chi connectivity index (χ4n) is 2.89. The summed E-state index contributed by atoms with van der Waals surface area (Å²) in [5.41, 5.74) is 6.31. The minimum absolute atomic E-state index is 0.823. The van der Waals surface area contributed by atoms with Crippen molar-refractivity contribution in [3.05, 3.63) is 63.8 Å². The van der Waals surface area contributed by atoms with E-state index in [-0.39, 0.29) is 0 Å². The maximum Gasteiger partial charge on any atom is 0.0517 e. The molecule has 2 nitrogen and oxygen atoms in total. The van der Waals surface area contributed by atoms with E-state index in [1.165, 1.54) is 33.3 Å². The Labute approximate surface area is 133 Å². The molecule has 0 aliphatic carbocycles. The minimum Gasteiger partial charge on any atom is -0.380 e. The Kier molecular flexibility index (Phi) is 3.77. The highest BCUT2D eigenvalue weighted by atomic mass is 79.9. The first-order valence-corrected chi connectivity index (χ1v) is 7.89. The molecule has 0 atom stereocenters. The average Bonchev–Trinajstić information content (AvgIpc) is 2.75. The monoisotopic (exact) mass is 342 g/mol. The number of nitrogens with zero attached hydrogens (tertiary/aromatic N) is 1. The fraction of sp³-hybridized carbons (Fsp3) is 0.222. The Morgan fingerprint density at radius 3 is 2.67 bits per heavy atom. The lowest BCUT2D eigenvalue weighted by Crippen LogP contribution is -2.02. The van der Waals surface area contributed by atoms with E-state index in [1.54, 1.807) is 0 Å². The van der Waals surface area contributed by atoms with Crippen LogP contribution in [0, 0.1) is 13.8 Å². The van der Waals surface area contributed by atoms with Crippen LogP contribution in [0.2, 0.25) is 0 Å². The molecular weight excluding hydrogens is 324 g/mol. The van der Waals surface area contributed by atoms with Crippen LogP contribution in [0.3, 0.4) is 0 Å². The Balaban J connectivity index is 1.91. The first-order chi connectivity index (χ1) is 10.1. The normalized spacial score (nSPS) is 11.0. The molecule has 1 N–H and O–H groups in total. The number of rotatable bonds is 3. The van der Waals surface area contributed by atoms with Crippen LogP contribution in [-0.4, -0.2) is 4.57 Å². The average molecular weight is 343 g/mol. The summed E-state index contributed by atoms with van der Waals surface area (Å²) in [6, 6.07) is 12.9. The predicted molar refractivity (Wildman–Crippen MR) is 93.9 cm³/mol. The van der Waals surface area contributed by atoms with Gasteiger partial charge in [0.05, 0.1) is 5.69 Å². The maximum atomic E-state index is 3.66. The van der Waals surface area contributed by atoms with Crippen molar-refractivity contribution in [1.29, 1.82) is 0 Å². The number of benzene rings is 2. The summed E-state index contributed by atoms with van der Waals surface area (Å²) in [6.07, 6.45) is 2.20. The number of nitrogens with one attached hydrogen (secondary N) is 1. The second-order valence-electron chi connectivity index (χ2n) is 5.57. The smallest absolute Gasteiger partial charge is 0.0517 e. The third kappa shape index (κ3) is 2.70. The molecule has 0 spiro atoms. The topological polar surface area (TPSA) is 17.0 Å². The molecule has 0 aliphatic heterocycles. The third-order valence-electron chi connectivity index (χ3n) is 3.87. The van der Waals surface area contributed by atoms with E-state index in [1.807, 2.05) is 0 Å². The zero-order valence-corrected chi connectivity index (χ0v) is 14.2. The second kappa shape index (κ2) is 5.57. The van der Waals surface area contributed by atoms with Crippen LogP contribution in [0.15, 0.2) is 47.1 Å². The Bertz CT molecular complexity index is 779. The van der Waals surface area contributed by atoms with E-state index in [0.29, 0.717) is 0 Å². The predicted octanol–water partition coefficient (Wildman–Crippen LogP) is 5.17. The van der Waals surface area contributed by atoms with Crippen molar-refractivity contribution in [1.82, 2.24) is 4.57 Å². The van der Waals surface area contributed by atoms with Gasteiger partial charge in [0.15, 0.2) is 0 Å². The molecule has 2 aromatic carbocycles. The maximum absolute atomic E-state index is 3.66. The second-order valence-corrected chi connectivity index (χ2v) is 6.43. The van der Waals surface area contributed by atoms with Crippen LogP contribution in [-0.2, 0) is 13.6 Å². The van der Waals surface area contributed by atoms with E-state index in [2.05, 4.69) is 89.3 Å². The standard InChI is InChI=1S/C18H19BrN2/c1-12-8-13(2)18(16(19)9-12)20-10-14-11-21(3)17-7-5-4-6-15(14)17/h4-9,11,20H,10H2,1-3H3. The molecule has 0 radical (unpaired) electrons. The molecule has 0 unspecified atom stereocenters. The van der Waals surface area contributed by atoms with Gasteiger partial charge in [-0.15, -0.1) is 0 Å². The minimum atomic E-state index is 0.823. The number of aromatic nitrogens is 1. The quantitative estimate of drug-likeness (QED) is 0.694. The van der Waals surface area contributed by atoms with Gasteiger partial charge >= 0.3 is 0 Å². The molecule has 3 rings (SSSR count). The van der Waals surface area contributed by atoms with Gasteiger partial charge in [0.2, 0.25) is 0 Å². The van der Waals surface area contributed by atoms with Crippen LogP contribution in [0.5, 0.6) is 0 Å². The summed E-state index contributed by atoms with van der Waals surface area (Å²) in [7, 11) is 2.10. The number of hydrogen-bond donors (Lipinski definition) is 1.